The van der Waals surface area contributed by atoms with Crippen LogP contribution in [0.25, 0.3) is 10.2 Å². The van der Waals surface area contributed by atoms with Crippen LogP contribution in [-0.2, 0) is 9.59 Å². The van der Waals surface area contributed by atoms with Gasteiger partial charge < -0.3 is 10.4 Å². The lowest BCUT2D eigenvalue weighted by Crippen LogP contribution is -2.16. The number of aromatic nitrogens is 1. The third-order valence-electron chi connectivity index (χ3n) is 3.04. The summed E-state index contributed by atoms with van der Waals surface area (Å²) in [7, 11) is 0. The van der Waals surface area contributed by atoms with Crippen LogP contribution in [0.3, 0.4) is 0 Å². The van der Waals surface area contributed by atoms with Gasteiger partial charge in [0.25, 0.3) is 0 Å². The number of nitrogens with zero attached hydrogens (tertiary/aromatic N) is 1. The number of carboxylic acid groups (broad SMARTS) is 1. The van der Waals surface area contributed by atoms with Gasteiger partial charge in [0.05, 0.1) is 21.6 Å². The summed E-state index contributed by atoms with van der Waals surface area (Å²) in [6.45, 7) is 0. The van der Waals surface area contributed by atoms with E-state index in [2.05, 4.69) is 10.3 Å². The highest BCUT2D eigenvalue weighted by Gasteiger charge is 2.48. The Hall–Kier alpha value is -1.66. The molecule has 2 N–H and O–H groups in total. The van der Waals surface area contributed by atoms with Gasteiger partial charge in [-0.25, -0.2) is 4.98 Å². The van der Waals surface area contributed by atoms with E-state index in [0.717, 1.165) is 4.70 Å². The van der Waals surface area contributed by atoms with Crippen molar-refractivity contribution in [3.8, 4) is 0 Å². The average molecular weight is 297 g/mol. The molecule has 5 nitrogen and oxygen atoms in total. The maximum atomic E-state index is 11.8. The second-order valence-corrected chi connectivity index (χ2v) is 5.82. The minimum absolute atomic E-state index is 0.289. The van der Waals surface area contributed by atoms with Crippen molar-refractivity contribution in [1.29, 1.82) is 0 Å². The number of carboxylic acids is 1. The zero-order valence-electron chi connectivity index (χ0n) is 9.59. The lowest BCUT2D eigenvalue weighted by molar-refractivity contribution is -0.139. The molecule has 1 fully saturated rings. The second-order valence-electron chi connectivity index (χ2n) is 4.38. The predicted octanol–water partition coefficient (Wildman–Crippen LogP) is 2.61. The van der Waals surface area contributed by atoms with Crippen LogP contribution in [-0.4, -0.2) is 22.0 Å². The molecule has 0 saturated heterocycles. The van der Waals surface area contributed by atoms with Crippen LogP contribution in [0.1, 0.15) is 6.42 Å². The molecule has 3 rings (SSSR count). The first kappa shape index (κ1) is 12.4. The molecular formula is C12H9ClN2O3S. The topological polar surface area (TPSA) is 79.3 Å². The van der Waals surface area contributed by atoms with E-state index in [0.29, 0.717) is 22.1 Å². The summed E-state index contributed by atoms with van der Waals surface area (Å²) in [6.07, 6.45) is 0.396. The summed E-state index contributed by atoms with van der Waals surface area (Å²) in [5.41, 5.74) is 0.648. The Morgan fingerprint density at radius 3 is 2.84 bits per heavy atom. The first-order chi connectivity index (χ1) is 9.06. The zero-order valence-corrected chi connectivity index (χ0v) is 11.2. The van der Waals surface area contributed by atoms with E-state index in [-0.39, 0.29) is 5.91 Å². The van der Waals surface area contributed by atoms with Crippen LogP contribution >= 0.6 is 22.9 Å². The lowest BCUT2D eigenvalue weighted by atomic mass is 10.3. The second kappa shape index (κ2) is 4.47. The van der Waals surface area contributed by atoms with E-state index in [4.69, 9.17) is 16.7 Å². The molecule has 98 valence electrons. The quantitative estimate of drug-likeness (QED) is 0.912. The molecule has 1 amide bonds. The SMILES string of the molecule is O=C(Nc1nc2c(Cl)cccc2s1)[C@H]1C[C@H]1C(=O)O. The highest BCUT2D eigenvalue weighted by molar-refractivity contribution is 7.22. The van der Waals surface area contributed by atoms with Gasteiger partial charge in [0.15, 0.2) is 5.13 Å². The fourth-order valence-electron chi connectivity index (χ4n) is 1.92. The monoisotopic (exact) mass is 296 g/mol. The van der Waals surface area contributed by atoms with Gasteiger partial charge in [-0.1, -0.05) is 29.0 Å². The molecule has 0 unspecified atom stereocenters. The van der Waals surface area contributed by atoms with Crippen LogP contribution in [0.4, 0.5) is 5.13 Å². The van der Waals surface area contributed by atoms with E-state index in [1.807, 2.05) is 12.1 Å². The number of halogens is 1. The van der Waals surface area contributed by atoms with Crippen LogP contribution < -0.4 is 5.32 Å². The minimum Gasteiger partial charge on any atom is -0.481 e. The fraction of sp³-hybridized carbons (Fsp3) is 0.250. The van der Waals surface area contributed by atoms with Gasteiger partial charge in [0.2, 0.25) is 5.91 Å². The summed E-state index contributed by atoms with van der Waals surface area (Å²) in [6, 6.07) is 5.41. The van der Waals surface area contributed by atoms with Crippen LogP contribution in [0.2, 0.25) is 5.02 Å². The van der Waals surface area contributed by atoms with Crippen LogP contribution in [0.15, 0.2) is 18.2 Å². The maximum Gasteiger partial charge on any atom is 0.307 e. The molecule has 0 aliphatic heterocycles. The third-order valence-corrected chi connectivity index (χ3v) is 4.29. The van der Waals surface area contributed by atoms with Crippen molar-refractivity contribution in [2.75, 3.05) is 5.32 Å². The molecule has 1 saturated carbocycles. The summed E-state index contributed by atoms with van der Waals surface area (Å²) in [4.78, 5) is 26.8. The number of anilines is 1. The van der Waals surface area contributed by atoms with Crippen LogP contribution in [0.5, 0.6) is 0 Å². The van der Waals surface area contributed by atoms with E-state index in [1.165, 1.54) is 11.3 Å². The number of nitrogens with one attached hydrogen (secondary N) is 1. The number of fused-ring (bicyclic) bond motifs is 1. The van der Waals surface area contributed by atoms with Crippen molar-refractivity contribution >= 4 is 50.2 Å². The normalized spacial score (nSPS) is 21.3. The van der Waals surface area contributed by atoms with E-state index in [1.54, 1.807) is 6.07 Å². The number of carbonyl (C=O) groups is 2. The Kier molecular flexibility index (Phi) is 2.91. The van der Waals surface area contributed by atoms with Crippen molar-refractivity contribution in [2.24, 2.45) is 11.8 Å². The molecule has 1 aromatic heterocycles. The molecule has 1 aliphatic carbocycles. The summed E-state index contributed by atoms with van der Waals surface area (Å²) >= 11 is 7.32. The molecule has 1 heterocycles. The van der Waals surface area contributed by atoms with Gasteiger partial charge in [-0.2, -0.15) is 0 Å². The summed E-state index contributed by atoms with van der Waals surface area (Å²) < 4.78 is 0.883. The van der Waals surface area contributed by atoms with Crippen molar-refractivity contribution in [3.05, 3.63) is 23.2 Å². The number of benzene rings is 1. The van der Waals surface area contributed by atoms with Gasteiger partial charge in [0, 0.05) is 0 Å². The smallest absolute Gasteiger partial charge is 0.307 e. The van der Waals surface area contributed by atoms with Gasteiger partial charge in [-0.15, -0.1) is 0 Å². The summed E-state index contributed by atoms with van der Waals surface area (Å²) in [5, 5.41) is 12.4. The molecule has 0 bridgehead atoms. The van der Waals surface area contributed by atoms with Crippen molar-refractivity contribution in [1.82, 2.24) is 4.98 Å². The van der Waals surface area contributed by atoms with Crippen LogP contribution in [0, 0.1) is 11.8 Å². The highest BCUT2D eigenvalue weighted by Crippen LogP contribution is 2.40. The fourth-order valence-corrected chi connectivity index (χ4v) is 3.09. The molecule has 0 spiro atoms. The van der Waals surface area contributed by atoms with Gasteiger partial charge in [-0.3, -0.25) is 9.59 Å². The van der Waals surface area contributed by atoms with Crippen molar-refractivity contribution in [3.63, 3.8) is 0 Å². The van der Waals surface area contributed by atoms with Gasteiger partial charge in [-0.05, 0) is 18.6 Å². The average Bonchev–Trinajstić information content (AvgIpc) is 3.05. The van der Waals surface area contributed by atoms with E-state index >= 15 is 0 Å². The maximum absolute atomic E-state index is 11.8. The molecule has 7 heteroatoms. The first-order valence-corrected chi connectivity index (χ1v) is 6.84. The first-order valence-electron chi connectivity index (χ1n) is 5.65. The number of carbonyl (C=O) groups excluding carboxylic acids is 1. The molecule has 0 radical (unpaired) electrons. The molecule has 2 atom stereocenters. The predicted molar refractivity (Wildman–Crippen MR) is 72.5 cm³/mol. The number of thiazole rings is 1. The molecular weight excluding hydrogens is 288 g/mol. The van der Waals surface area contributed by atoms with Gasteiger partial charge >= 0.3 is 5.97 Å². The standard InChI is InChI=1S/C12H9ClN2O3S/c13-7-2-1-3-8-9(7)14-12(19-8)15-10(16)5-4-6(5)11(17)18/h1-3,5-6H,4H2,(H,17,18)(H,14,15,16)/t5-,6+/m0/s1. The number of amides is 1. The number of para-hydroxylation sites is 1. The van der Waals surface area contributed by atoms with Crippen molar-refractivity contribution in [2.45, 2.75) is 6.42 Å². The lowest BCUT2D eigenvalue weighted by Gasteiger charge is -1.98. The summed E-state index contributed by atoms with van der Waals surface area (Å²) in [5.74, 6) is -2.21. The largest absolute Gasteiger partial charge is 0.481 e. The number of hydrogen-bond donors (Lipinski definition) is 2. The molecule has 19 heavy (non-hydrogen) atoms. The Bertz CT molecular complexity index is 685. The molecule has 2 aromatic rings. The Labute approximate surface area is 117 Å². The van der Waals surface area contributed by atoms with E-state index in [9.17, 15) is 9.59 Å². The third kappa shape index (κ3) is 2.29. The molecule has 1 aromatic carbocycles. The van der Waals surface area contributed by atoms with E-state index < -0.39 is 17.8 Å². The van der Waals surface area contributed by atoms with Gasteiger partial charge in [0.1, 0.15) is 5.52 Å². The van der Waals surface area contributed by atoms with Crippen molar-refractivity contribution < 1.29 is 14.7 Å². The number of aliphatic carboxylic acids is 1. The molecule has 1 aliphatic rings. The zero-order chi connectivity index (χ0) is 13.6. The Balaban J connectivity index is 1.77. The Morgan fingerprint density at radius 2 is 2.21 bits per heavy atom. The number of hydrogen-bond acceptors (Lipinski definition) is 4. The number of rotatable bonds is 3. The minimum atomic E-state index is -0.924. The highest BCUT2D eigenvalue weighted by atomic mass is 35.5. The Morgan fingerprint density at radius 1 is 1.42 bits per heavy atom.